The van der Waals surface area contributed by atoms with E-state index in [9.17, 15) is 0 Å². The molecule has 0 fully saturated rings. The van der Waals surface area contributed by atoms with Crippen LogP contribution in [0.25, 0.3) is 11.2 Å². The first-order valence-electron chi connectivity index (χ1n) is 5.91. The van der Waals surface area contributed by atoms with E-state index in [1.807, 2.05) is 16.9 Å². The average molecular weight is 278 g/mol. The van der Waals surface area contributed by atoms with E-state index < -0.39 is 0 Å². The van der Waals surface area contributed by atoms with Crippen LogP contribution < -0.4 is 5.32 Å². The molecular weight excluding hydrogens is 266 g/mol. The van der Waals surface area contributed by atoms with Crippen LogP contribution in [0.5, 0.6) is 0 Å². The van der Waals surface area contributed by atoms with Crippen molar-refractivity contribution in [2.24, 2.45) is 0 Å². The lowest BCUT2D eigenvalue weighted by Gasteiger charge is -2.06. The van der Waals surface area contributed by atoms with Crippen molar-refractivity contribution in [2.45, 2.75) is 13.0 Å². The van der Waals surface area contributed by atoms with Gasteiger partial charge in [-0.1, -0.05) is 0 Å². The Balaban J connectivity index is 1.63. The Morgan fingerprint density at radius 1 is 1.37 bits per heavy atom. The fourth-order valence-corrected chi connectivity index (χ4v) is 1.98. The monoisotopic (exact) mass is 277 g/mol. The van der Waals surface area contributed by atoms with Gasteiger partial charge in [0.25, 0.3) is 0 Å². The van der Waals surface area contributed by atoms with Gasteiger partial charge in [0.2, 0.25) is 5.28 Å². The van der Waals surface area contributed by atoms with Crippen molar-refractivity contribution >= 4 is 28.6 Å². The average Bonchev–Trinajstić information content (AvgIpc) is 3.04. The summed E-state index contributed by atoms with van der Waals surface area (Å²) in [5.74, 6) is 0.674. The zero-order valence-electron chi connectivity index (χ0n) is 10.0. The minimum Gasteiger partial charge on any atom is -0.368 e. The van der Waals surface area contributed by atoms with Crippen LogP contribution in [0.4, 0.5) is 5.82 Å². The highest BCUT2D eigenvalue weighted by molar-refractivity contribution is 6.28. The molecule has 3 aromatic heterocycles. The Hall–Kier alpha value is -2.15. The van der Waals surface area contributed by atoms with Gasteiger partial charge in [-0.25, -0.2) is 4.98 Å². The summed E-state index contributed by atoms with van der Waals surface area (Å²) in [6.45, 7) is 1.62. The summed E-state index contributed by atoms with van der Waals surface area (Å²) in [7, 11) is 0. The van der Waals surface area contributed by atoms with Crippen molar-refractivity contribution in [3.8, 4) is 0 Å². The number of aromatic amines is 1. The molecule has 98 valence electrons. The maximum absolute atomic E-state index is 5.84. The number of anilines is 1. The number of halogens is 1. The Bertz CT molecular complexity index is 661. The van der Waals surface area contributed by atoms with E-state index in [1.165, 1.54) is 0 Å². The van der Waals surface area contributed by atoms with E-state index in [1.54, 1.807) is 12.5 Å². The molecular formula is C11H12ClN7. The molecule has 0 aliphatic carbocycles. The topological polar surface area (TPSA) is 84.3 Å². The number of hydrogen-bond acceptors (Lipinski definition) is 5. The molecule has 0 saturated heterocycles. The molecule has 8 heteroatoms. The van der Waals surface area contributed by atoms with Gasteiger partial charge in [0.05, 0.1) is 6.33 Å². The Morgan fingerprint density at radius 3 is 3.16 bits per heavy atom. The third-order valence-electron chi connectivity index (χ3n) is 2.67. The number of H-pyrrole nitrogens is 1. The minimum atomic E-state index is 0.189. The zero-order valence-corrected chi connectivity index (χ0v) is 10.8. The maximum Gasteiger partial charge on any atom is 0.226 e. The molecule has 0 amide bonds. The van der Waals surface area contributed by atoms with Gasteiger partial charge in [0.15, 0.2) is 11.5 Å². The minimum absolute atomic E-state index is 0.189. The summed E-state index contributed by atoms with van der Waals surface area (Å²) in [5.41, 5.74) is 1.33. The first-order chi connectivity index (χ1) is 9.33. The largest absolute Gasteiger partial charge is 0.368 e. The van der Waals surface area contributed by atoms with Gasteiger partial charge in [-0.3, -0.25) is 4.68 Å². The highest BCUT2D eigenvalue weighted by atomic mass is 35.5. The summed E-state index contributed by atoms with van der Waals surface area (Å²) in [6.07, 6.45) is 6.21. The third kappa shape index (κ3) is 2.65. The van der Waals surface area contributed by atoms with Crippen molar-refractivity contribution in [2.75, 3.05) is 11.9 Å². The lowest BCUT2D eigenvalue weighted by Crippen LogP contribution is -2.08. The van der Waals surface area contributed by atoms with E-state index >= 15 is 0 Å². The van der Waals surface area contributed by atoms with Gasteiger partial charge < -0.3 is 10.3 Å². The second-order valence-corrected chi connectivity index (χ2v) is 4.33. The normalized spacial score (nSPS) is 11.0. The molecule has 0 bridgehead atoms. The van der Waals surface area contributed by atoms with Crippen molar-refractivity contribution in [3.05, 3.63) is 30.1 Å². The lowest BCUT2D eigenvalue weighted by atomic mass is 10.4. The van der Waals surface area contributed by atoms with Gasteiger partial charge in [-0.2, -0.15) is 15.1 Å². The second kappa shape index (κ2) is 5.23. The number of aryl methyl sites for hydroxylation is 1. The molecule has 2 N–H and O–H groups in total. The molecule has 0 radical (unpaired) electrons. The van der Waals surface area contributed by atoms with Crippen LogP contribution in [-0.4, -0.2) is 36.3 Å². The van der Waals surface area contributed by atoms with Gasteiger partial charge >= 0.3 is 0 Å². The van der Waals surface area contributed by atoms with Crippen LogP contribution in [-0.2, 0) is 6.54 Å². The SMILES string of the molecule is Clc1nc(NCCCn2cccn2)c2[nH]cnc2n1. The molecule has 0 aliphatic rings. The number of nitrogens with one attached hydrogen (secondary N) is 2. The quantitative estimate of drug-likeness (QED) is 0.548. The first kappa shape index (κ1) is 11.9. The summed E-state index contributed by atoms with van der Waals surface area (Å²) in [5, 5.41) is 7.56. The van der Waals surface area contributed by atoms with Crippen LogP contribution in [0, 0.1) is 0 Å². The molecule has 3 rings (SSSR count). The number of hydrogen-bond donors (Lipinski definition) is 2. The van der Waals surface area contributed by atoms with Crippen molar-refractivity contribution < 1.29 is 0 Å². The fraction of sp³-hybridized carbons (Fsp3) is 0.273. The third-order valence-corrected chi connectivity index (χ3v) is 2.84. The van der Waals surface area contributed by atoms with Gasteiger partial charge in [0, 0.05) is 25.5 Å². The Morgan fingerprint density at radius 2 is 2.32 bits per heavy atom. The van der Waals surface area contributed by atoms with Gasteiger partial charge in [-0.05, 0) is 24.1 Å². The van der Waals surface area contributed by atoms with E-state index in [-0.39, 0.29) is 5.28 Å². The number of aromatic nitrogens is 6. The maximum atomic E-state index is 5.84. The van der Waals surface area contributed by atoms with E-state index in [4.69, 9.17) is 11.6 Å². The molecule has 0 saturated carbocycles. The van der Waals surface area contributed by atoms with Crippen LogP contribution in [0.2, 0.25) is 5.28 Å². The number of imidazole rings is 1. The van der Waals surface area contributed by atoms with Gasteiger partial charge in [0.1, 0.15) is 5.52 Å². The molecule has 3 aromatic rings. The number of rotatable bonds is 5. The molecule has 0 unspecified atom stereocenters. The molecule has 7 nitrogen and oxygen atoms in total. The Labute approximate surface area is 114 Å². The molecule has 19 heavy (non-hydrogen) atoms. The summed E-state index contributed by atoms with van der Waals surface area (Å²) in [4.78, 5) is 15.2. The second-order valence-electron chi connectivity index (χ2n) is 3.99. The summed E-state index contributed by atoms with van der Waals surface area (Å²) in [6, 6.07) is 1.91. The summed E-state index contributed by atoms with van der Waals surface area (Å²) >= 11 is 5.84. The molecule has 0 atom stereocenters. The molecule has 0 spiro atoms. The Kier molecular flexibility index (Phi) is 3.28. The predicted molar refractivity (Wildman–Crippen MR) is 72.0 cm³/mol. The predicted octanol–water partition coefficient (Wildman–Crippen LogP) is 1.70. The van der Waals surface area contributed by atoms with Crippen molar-refractivity contribution in [1.29, 1.82) is 0 Å². The molecule has 3 heterocycles. The smallest absolute Gasteiger partial charge is 0.226 e. The first-order valence-corrected chi connectivity index (χ1v) is 6.28. The van der Waals surface area contributed by atoms with Gasteiger partial charge in [-0.15, -0.1) is 0 Å². The van der Waals surface area contributed by atoms with Crippen LogP contribution >= 0.6 is 11.6 Å². The van der Waals surface area contributed by atoms with Crippen LogP contribution in [0.1, 0.15) is 6.42 Å². The molecule has 0 aromatic carbocycles. The summed E-state index contributed by atoms with van der Waals surface area (Å²) < 4.78 is 1.89. The van der Waals surface area contributed by atoms with E-state index in [0.717, 1.165) is 25.0 Å². The van der Waals surface area contributed by atoms with Crippen molar-refractivity contribution in [3.63, 3.8) is 0 Å². The van der Waals surface area contributed by atoms with Crippen LogP contribution in [0.3, 0.4) is 0 Å². The zero-order chi connectivity index (χ0) is 13.1. The van der Waals surface area contributed by atoms with Crippen LogP contribution in [0.15, 0.2) is 24.8 Å². The van der Waals surface area contributed by atoms with E-state index in [2.05, 4.69) is 30.4 Å². The lowest BCUT2D eigenvalue weighted by molar-refractivity contribution is 0.591. The number of nitrogens with zero attached hydrogens (tertiary/aromatic N) is 5. The number of fused-ring (bicyclic) bond motifs is 1. The van der Waals surface area contributed by atoms with Crippen molar-refractivity contribution in [1.82, 2.24) is 29.7 Å². The van der Waals surface area contributed by atoms with E-state index in [0.29, 0.717) is 11.5 Å². The highest BCUT2D eigenvalue weighted by Gasteiger charge is 2.07. The highest BCUT2D eigenvalue weighted by Crippen LogP contribution is 2.18. The standard InChI is InChI=1S/C11H12ClN7/c12-11-17-9(8-10(18-11)15-7-14-8)13-3-1-5-19-6-2-4-16-19/h2,4,6-7H,1,3,5H2,(H2,13,14,15,17,18). The molecule has 0 aliphatic heterocycles. The fourth-order valence-electron chi connectivity index (χ4n) is 1.82.